The first-order chi connectivity index (χ1) is 11.5. The molecule has 0 aliphatic carbocycles. The van der Waals surface area contributed by atoms with Gasteiger partial charge in [-0.1, -0.05) is 42.5 Å². The highest BCUT2D eigenvalue weighted by atomic mass is 32.2. The smallest absolute Gasteiger partial charge is 0.317 e. The molecular weight excluding hydrogens is 324 g/mol. The van der Waals surface area contributed by atoms with E-state index in [1.54, 1.807) is 36.2 Å². The largest absolute Gasteiger partial charge is 0.508 e. The zero-order valence-corrected chi connectivity index (χ0v) is 14.5. The third-order valence-corrected chi connectivity index (χ3v) is 4.79. The van der Waals surface area contributed by atoms with E-state index >= 15 is 0 Å². The molecule has 6 heteroatoms. The third kappa shape index (κ3) is 6.04. The zero-order valence-electron chi connectivity index (χ0n) is 13.6. The molecule has 0 aromatic heterocycles. The van der Waals surface area contributed by atoms with Gasteiger partial charge in [-0.2, -0.15) is 0 Å². The Morgan fingerprint density at radius 2 is 1.75 bits per heavy atom. The van der Waals surface area contributed by atoms with Crippen LogP contribution in [0.5, 0.6) is 5.75 Å². The minimum Gasteiger partial charge on any atom is -0.508 e. The third-order valence-electron chi connectivity index (χ3n) is 3.48. The molecule has 0 saturated carbocycles. The SMILES string of the molecule is CN(Cc1ccc(O)cc1)C(=O)NCC[S@](=O)Cc1ccccc1. The van der Waals surface area contributed by atoms with Gasteiger partial charge in [0, 0.05) is 42.4 Å². The van der Waals surface area contributed by atoms with E-state index in [1.807, 2.05) is 30.3 Å². The van der Waals surface area contributed by atoms with Gasteiger partial charge in [-0.15, -0.1) is 0 Å². The van der Waals surface area contributed by atoms with E-state index in [-0.39, 0.29) is 11.8 Å². The summed E-state index contributed by atoms with van der Waals surface area (Å²) in [4.78, 5) is 13.6. The van der Waals surface area contributed by atoms with Crippen molar-refractivity contribution >= 4 is 16.8 Å². The number of carbonyl (C=O) groups is 1. The molecule has 24 heavy (non-hydrogen) atoms. The summed E-state index contributed by atoms with van der Waals surface area (Å²) in [6.07, 6.45) is 0. The topological polar surface area (TPSA) is 69.6 Å². The average molecular weight is 346 g/mol. The molecule has 0 radical (unpaired) electrons. The van der Waals surface area contributed by atoms with Gasteiger partial charge in [0.1, 0.15) is 5.75 Å². The number of amides is 2. The van der Waals surface area contributed by atoms with Crippen molar-refractivity contribution in [2.75, 3.05) is 19.3 Å². The van der Waals surface area contributed by atoms with Crippen LogP contribution in [0.2, 0.25) is 0 Å². The van der Waals surface area contributed by atoms with Gasteiger partial charge in [-0.25, -0.2) is 4.79 Å². The summed E-state index contributed by atoms with van der Waals surface area (Å²) in [5.41, 5.74) is 1.96. The maximum absolute atomic E-state index is 12.0. The lowest BCUT2D eigenvalue weighted by atomic mass is 10.2. The van der Waals surface area contributed by atoms with Crippen molar-refractivity contribution in [2.24, 2.45) is 0 Å². The molecule has 1 atom stereocenters. The second-order valence-electron chi connectivity index (χ2n) is 5.53. The lowest BCUT2D eigenvalue weighted by Crippen LogP contribution is -2.38. The number of benzene rings is 2. The highest BCUT2D eigenvalue weighted by Crippen LogP contribution is 2.11. The number of urea groups is 1. The molecule has 0 saturated heterocycles. The second kappa shape index (κ2) is 9.08. The van der Waals surface area contributed by atoms with Crippen molar-refractivity contribution in [3.05, 3.63) is 65.7 Å². The molecule has 2 amide bonds. The molecule has 0 heterocycles. The summed E-state index contributed by atoms with van der Waals surface area (Å²) in [7, 11) is 0.695. The Morgan fingerprint density at radius 1 is 1.08 bits per heavy atom. The van der Waals surface area contributed by atoms with Gasteiger partial charge in [-0.05, 0) is 23.3 Å². The predicted molar refractivity (Wildman–Crippen MR) is 96.1 cm³/mol. The molecular formula is C18H22N2O3S. The highest BCUT2D eigenvalue weighted by Gasteiger charge is 2.09. The summed E-state index contributed by atoms with van der Waals surface area (Å²) < 4.78 is 12.0. The maximum atomic E-state index is 12.0. The predicted octanol–water partition coefficient (Wildman–Crippen LogP) is 2.48. The van der Waals surface area contributed by atoms with E-state index in [0.717, 1.165) is 11.1 Å². The number of nitrogens with zero attached hydrogens (tertiary/aromatic N) is 1. The van der Waals surface area contributed by atoms with Crippen molar-refractivity contribution in [3.63, 3.8) is 0 Å². The number of phenolic OH excluding ortho intramolecular Hbond substituents is 1. The average Bonchev–Trinajstić information content (AvgIpc) is 2.57. The minimum atomic E-state index is -1.00. The van der Waals surface area contributed by atoms with E-state index in [4.69, 9.17) is 0 Å². The number of hydrogen-bond acceptors (Lipinski definition) is 3. The van der Waals surface area contributed by atoms with Crippen LogP contribution < -0.4 is 5.32 Å². The Morgan fingerprint density at radius 3 is 2.42 bits per heavy atom. The fraction of sp³-hybridized carbons (Fsp3) is 0.278. The first-order valence-electron chi connectivity index (χ1n) is 7.70. The van der Waals surface area contributed by atoms with Gasteiger partial charge in [0.05, 0.1) is 0 Å². The van der Waals surface area contributed by atoms with E-state index in [0.29, 0.717) is 24.6 Å². The molecule has 0 spiro atoms. The Bertz CT molecular complexity index is 674. The van der Waals surface area contributed by atoms with Crippen LogP contribution in [0, 0.1) is 0 Å². The van der Waals surface area contributed by atoms with Gasteiger partial charge < -0.3 is 15.3 Å². The van der Waals surface area contributed by atoms with Crippen molar-refractivity contribution in [3.8, 4) is 5.75 Å². The molecule has 2 N–H and O–H groups in total. The van der Waals surface area contributed by atoms with Gasteiger partial charge in [0.15, 0.2) is 0 Å². The van der Waals surface area contributed by atoms with Crippen LogP contribution in [0.1, 0.15) is 11.1 Å². The summed E-state index contributed by atoms with van der Waals surface area (Å²) >= 11 is 0. The summed E-state index contributed by atoms with van der Waals surface area (Å²) in [5.74, 6) is 1.13. The van der Waals surface area contributed by atoms with Crippen LogP contribution in [0.25, 0.3) is 0 Å². The van der Waals surface area contributed by atoms with Crippen LogP contribution >= 0.6 is 0 Å². The van der Waals surface area contributed by atoms with Gasteiger partial charge in [0.25, 0.3) is 0 Å². The lowest BCUT2D eigenvalue weighted by molar-refractivity contribution is 0.207. The maximum Gasteiger partial charge on any atom is 0.317 e. The Kier molecular flexibility index (Phi) is 6.81. The van der Waals surface area contributed by atoms with E-state index in [1.165, 1.54) is 0 Å². The van der Waals surface area contributed by atoms with Crippen molar-refractivity contribution in [2.45, 2.75) is 12.3 Å². The van der Waals surface area contributed by atoms with Crippen LogP contribution in [-0.2, 0) is 23.1 Å². The molecule has 0 unspecified atom stereocenters. The normalized spacial score (nSPS) is 11.7. The molecule has 0 aliphatic rings. The van der Waals surface area contributed by atoms with Crippen LogP contribution in [-0.4, -0.2) is 39.6 Å². The minimum absolute atomic E-state index is 0.201. The summed E-state index contributed by atoms with van der Waals surface area (Å²) in [6.45, 7) is 0.817. The van der Waals surface area contributed by atoms with Gasteiger partial charge in [-0.3, -0.25) is 4.21 Å². The molecule has 0 bridgehead atoms. The van der Waals surface area contributed by atoms with Crippen LogP contribution in [0.15, 0.2) is 54.6 Å². The van der Waals surface area contributed by atoms with E-state index < -0.39 is 10.8 Å². The molecule has 5 nitrogen and oxygen atoms in total. The lowest BCUT2D eigenvalue weighted by Gasteiger charge is -2.18. The number of carbonyl (C=O) groups excluding carboxylic acids is 1. The molecule has 2 aromatic carbocycles. The zero-order chi connectivity index (χ0) is 17.4. The van der Waals surface area contributed by atoms with E-state index in [2.05, 4.69) is 5.32 Å². The monoisotopic (exact) mass is 346 g/mol. The summed E-state index contributed by atoms with van der Waals surface area (Å²) in [6, 6.07) is 16.2. The fourth-order valence-corrected chi connectivity index (χ4v) is 3.22. The van der Waals surface area contributed by atoms with Crippen LogP contribution in [0.4, 0.5) is 4.79 Å². The standard InChI is InChI=1S/C18H22N2O3S/c1-20(13-15-7-9-17(21)10-8-15)18(22)19-11-12-24(23)14-16-5-3-2-4-6-16/h2-10,21H,11-14H2,1H3,(H,19,22)/t24-/m0/s1. The van der Waals surface area contributed by atoms with Crippen LogP contribution in [0.3, 0.4) is 0 Å². The highest BCUT2D eigenvalue weighted by molar-refractivity contribution is 7.84. The number of hydrogen-bond donors (Lipinski definition) is 2. The Hall–Kier alpha value is -2.34. The number of phenols is 1. The molecule has 128 valence electrons. The Balaban J connectivity index is 1.70. The molecule has 2 rings (SSSR count). The van der Waals surface area contributed by atoms with E-state index in [9.17, 15) is 14.1 Å². The van der Waals surface area contributed by atoms with Crippen molar-refractivity contribution < 1.29 is 14.1 Å². The molecule has 0 aliphatic heterocycles. The fourth-order valence-electron chi connectivity index (χ4n) is 2.19. The Labute approximate surface area is 144 Å². The van der Waals surface area contributed by atoms with Gasteiger partial charge >= 0.3 is 6.03 Å². The first-order valence-corrected chi connectivity index (χ1v) is 9.19. The van der Waals surface area contributed by atoms with Crippen molar-refractivity contribution in [1.29, 1.82) is 0 Å². The van der Waals surface area contributed by atoms with Gasteiger partial charge in [0.2, 0.25) is 0 Å². The van der Waals surface area contributed by atoms with Crippen molar-refractivity contribution in [1.82, 2.24) is 10.2 Å². The second-order valence-corrected chi connectivity index (χ2v) is 7.10. The summed E-state index contributed by atoms with van der Waals surface area (Å²) in [5, 5.41) is 12.0. The first kappa shape index (κ1) is 18.0. The number of rotatable bonds is 7. The molecule has 2 aromatic rings. The number of nitrogens with one attached hydrogen (secondary N) is 1. The number of aromatic hydroxyl groups is 1. The molecule has 0 fully saturated rings. The quantitative estimate of drug-likeness (QED) is 0.809.